The summed E-state index contributed by atoms with van der Waals surface area (Å²) in [6.45, 7) is 5.46. The molecule has 0 saturated heterocycles. The number of phenolic OH excluding ortho intramolecular Hbond substituents is 1. The number of hydrogen-bond acceptors (Lipinski definition) is 3. The van der Waals surface area contributed by atoms with Crippen LogP contribution in [0.25, 0.3) is 0 Å². The van der Waals surface area contributed by atoms with E-state index in [1.54, 1.807) is 13.0 Å². The minimum atomic E-state index is -0.0257. The van der Waals surface area contributed by atoms with E-state index in [-0.39, 0.29) is 11.9 Å². The first kappa shape index (κ1) is 10.6. The van der Waals surface area contributed by atoms with E-state index in [4.69, 9.17) is 4.74 Å². The molecule has 0 aliphatic carbocycles. The fourth-order valence-electron chi connectivity index (χ4n) is 1.19. The van der Waals surface area contributed by atoms with E-state index < -0.39 is 0 Å². The molecular weight excluding hydrogens is 180 g/mol. The second-order valence-corrected chi connectivity index (χ2v) is 3.47. The molecule has 1 rings (SSSR count). The Kier molecular flexibility index (Phi) is 3.12. The van der Waals surface area contributed by atoms with Gasteiger partial charge in [-0.25, -0.2) is 0 Å². The normalized spacial score (nSPS) is 10.3. The van der Waals surface area contributed by atoms with Crippen LogP contribution in [0.3, 0.4) is 0 Å². The molecule has 3 nitrogen and oxygen atoms in total. The maximum absolute atomic E-state index is 10.6. The molecule has 0 aromatic heterocycles. The Labute approximate surface area is 83.3 Å². The van der Waals surface area contributed by atoms with Gasteiger partial charge in [0.1, 0.15) is 6.29 Å². The van der Waals surface area contributed by atoms with Gasteiger partial charge in [0.05, 0.1) is 6.10 Å². The molecule has 0 unspecified atom stereocenters. The molecule has 76 valence electrons. The SMILES string of the molecule is Cc1cc(C=O)cc(OC(C)C)c1O. The average molecular weight is 194 g/mol. The van der Waals surface area contributed by atoms with Crippen molar-refractivity contribution in [2.75, 3.05) is 0 Å². The highest BCUT2D eigenvalue weighted by Gasteiger charge is 2.09. The number of rotatable bonds is 3. The van der Waals surface area contributed by atoms with E-state index in [2.05, 4.69) is 0 Å². The molecule has 0 atom stereocenters. The zero-order valence-corrected chi connectivity index (χ0v) is 8.57. The van der Waals surface area contributed by atoms with Crippen LogP contribution in [0.1, 0.15) is 29.8 Å². The van der Waals surface area contributed by atoms with Gasteiger partial charge in [0.2, 0.25) is 0 Å². The lowest BCUT2D eigenvalue weighted by Gasteiger charge is -2.13. The Balaban J connectivity index is 3.13. The minimum absolute atomic E-state index is 0.0257. The van der Waals surface area contributed by atoms with E-state index in [0.717, 1.165) is 6.29 Å². The third-order valence-corrected chi connectivity index (χ3v) is 1.79. The molecule has 1 N–H and O–H groups in total. The van der Waals surface area contributed by atoms with Crippen LogP contribution in [0.4, 0.5) is 0 Å². The van der Waals surface area contributed by atoms with Crippen molar-refractivity contribution in [2.45, 2.75) is 26.9 Å². The lowest BCUT2D eigenvalue weighted by Crippen LogP contribution is -2.06. The number of ether oxygens (including phenoxy) is 1. The predicted molar refractivity (Wildman–Crippen MR) is 54.0 cm³/mol. The van der Waals surface area contributed by atoms with Crippen LogP contribution >= 0.6 is 0 Å². The van der Waals surface area contributed by atoms with Gasteiger partial charge in [0, 0.05) is 5.56 Å². The van der Waals surface area contributed by atoms with Crippen LogP contribution < -0.4 is 4.74 Å². The third kappa shape index (κ3) is 2.25. The van der Waals surface area contributed by atoms with Crippen molar-refractivity contribution in [2.24, 2.45) is 0 Å². The maximum Gasteiger partial charge on any atom is 0.162 e. The molecule has 1 aromatic carbocycles. The zero-order valence-electron chi connectivity index (χ0n) is 8.57. The number of hydrogen-bond donors (Lipinski definition) is 1. The number of benzene rings is 1. The molecule has 14 heavy (non-hydrogen) atoms. The van der Waals surface area contributed by atoms with Crippen molar-refractivity contribution in [1.82, 2.24) is 0 Å². The number of aromatic hydroxyl groups is 1. The number of aldehydes is 1. The Hall–Kier alpha value is -1.51. The number of aryl methyl sites for hydroxylation is 1. The Morgan fingerprint density at radius 2 is 2.07 bits per heavy atom. The summed E-state index contributed by atoms with van der Waals surface area (Å²) in [6.07, 6.45) is 0.710. The second kappa shape index (κ2) is 4.13. The molecule has 0 amide bonds. The van der Waals surface area contributed by atoms with Crippen molar-refractivity contribution < 1.29 is 14.6 Å². The highest BCUT2D eigenvalue weighted by atomic mass is 16.5. The molecule has 3 heteroatoms. The first-order valence-corrected chi connectivity index (χ1v) is 4.50. The van der Waals surface area contributed by atoms with Crippen molar-refractivity contribution >= 4 is 6.29 Å². The summed E-state index contributed by atoms with van der Waals surface area (Å²) in [4.78, 5) is 10.6. The summed E-state index contributed by atoms with van der Waals surface area (Å²) < 4.78 is 5.36. The number of phenols is 1. The van der Waals surface area contributed by atoms with Gasteiger partial charge in [-0.2, -0.15) is 0 Å². The van der Waals surface area contributed by atoms with Crippen LogP contribution in [0.2, 0.25) is 0 Å². The standard InChI is InChI=1S/C11H14O3/c1-7(2)14-10-5-9(6-12)4-8(3)11(10)13/h4-7,13H,1-3H3. The fraction of sp³-hybridized carbons (Fsp3) is 0.364. The molecule has 0 spiro atoms. The topological polar surface area (TPSA) is 46.5 Å². The van der Waals surface area contributed by atoms with Crippen LogP contribution in [0.15, 0.2) is 12.1 Å². The summed E-state index contributed by atoms with van der Waals surface area (Å²) in [6, 6.07) is 3.16. The first-order valence-electron chi connectivity index (χ1n) is 4.50. The average Bonchev–Trinajstić information content (AvgIpc) is 2.11. The third-order valence-electron chi connectivity index (χ3n) is 1.79. The van der Waals surface area contributed by atoms with Gasteiger partial charge in [-0.3, -0.25) is 4.79 Å². The lowest BCUT2D eigenvalue weighted by molar-refractivity contribution is 0.112. The Bertz CT molecular complexity index is 343. The van der Waals surface area contributed by atoms with Crippen LogP contribution in [-0.4, -0.2) is 17.5 Å². The van der Waals surface area contributed by atoms with E-state index in [1.165, 1.54) is 6.07 Å². The zero-order chi connectivity index (χ0) is 10.7. The fourth-order valence-corrected chi connectivity index (χ4v) is 1.19. The molecule has 0 heterocycles. The van der Waals surface area contributed by atoms with E-state index in [1.807, 2.05) is 13.8 Å². The molecule has 1 aromatic rings. The van der Waals surface area contributed by atoms with Crippen molar-refractivity contribution in [1.29, 1.82) is 0 Å². The van der Waals surface area contributed by atoms with Gasteiger partial charge in [-0.1, -0.05) is 0 Å². The first-order chi connectivity index (χ1) is 6.54. The number of carbonyl (C=O) groups excluding carboxylic acids is 1. The summed E-state index contributed by atoms with van der Waals surface area (Å²) in [5, 5.41) is 9.63. The van der Waals surface area contributed by atoms with E-state index >= 15 is 0 Å². The maximum atomic E-state index is 10.6. The van der Waals surface area contributed by atoms with Gasteiger partial charge in [-0.05, 0) is 38.5 Å². The summed E-state index contributed by atoms with van der Waals surface area (Å²) in [5.74, 6) is 0.464. The smallest absolute Gasteiger partial charge is 0.162 e. The molecule has 0 aliphatic heterocycles. The highest BCUT2D eigenvalue weighted by Crippen LogP contribution is 2.31. The van der Waals surface area contributed by atoms with Crippen LogP contribution in [0.5, 0.6) is 11.5 Å². The van der Waals surface area contributed by atoms with Gasteiger partial charge >= 0.3 is 0 Å². The molecule has 0 bridgehead atoms. The van der Waals surface area contributed by atoms with Crippen LogP contribution in [0, 0.1) is 6.92 Å². The molecule has 0 radical (unpaired) electrons. The van der Waals surface area contributed by atoms with Crippen molar-refractivity contribution in [3.05, 3.63) is 23.3 Å². The van der Waals surface area contributed by atoms with Crippen molar-refractivity contribution in [3.8, 4) is 11.5 Å². The van der Waals surface area contributed by atoms with Gasteiger partial charge in [0.15, 0.2) is 11.5 Å². The molecule has 0 saturated carbocycles. The number of carbonyl (C=O) groups is 1. The monoisotopic (exact) mass is 194 g/mol. The molecule has 0 aliphatic rings. The van der Waals surface area contributed by atoms with Crippen molar-refractivity contribution in [3.63, 3.8) is 0 Å². The lowest BCUT2D eigenvalue weighted by atomic mass is 10.1. The Morgan fingerprint density at radius 1 is 1.43 bits per heavy atom. The minimum Gasteiger partial charge on any atom is -0.504 e. The molecule has 0 fully saturated rings. The van der Waals surface area contributed by atoms with Gasteiger partial charge in [-0.15, -0.1) is 0 Å². The van der Waals surface area contributed by atoms with Gasteiger partial charge < -0.3 is 9.84 Å². The highest BCUT2D eigenvalue weighted by molar-refractivity contribution is 5.77. The van der Waals surface area contributed by atoms with E-state index in [0.29, 0.717) is 16.9 Å². The van der Waals surface area contributed by atoms with Gasteiger partial charge in [0.25, 0.3) is 0 Å². The molecular formula is C11H14O3. The second-order valence-electron chi connectivity index (χ2n) is 3.47. The predicted octanol–water partition coefficient (Wildman–Crippen LogP) is 2.30. The largest absolute Gasteiger partial charge is 0.504 e. The summed E-state index contributed by atoms with van der Waals surface area (Å²) >= 11 is 0. The summed E-state index contributed by atoms with van der Waals surface area (Å²) in [5.41, 5.74) is 1.15. The summed E-state index contributed by atoms with van der Waals surface area (Å²) in [7, 11) is 0. The van der Waals surface area contributed by atoms with Crippen LogP contribution in [-0.2, 0) is 0 Å². The Morgan fingerprint density at radius 3 is 2.57 bits per heavy atom. The van der Waals surface area contributed by atoms with E-state index in [9.17, 15) is 9.90 Å². The quantitative estimate of drug-likeness (QED) is 0.751.